The molecule has 0 saturated carbocycles. The maximum atomic E-state index is 12.5. The van der Waals surface area contributed by atoms with E-state index in [9.17, 15) is 4.79 Å². The molecule has 0 unspecified atom stereocenters. The number of aromatic nitrogens is 3. The molecule has 7 nitrogen and oxygen atoms in total. The van der Waals surface area contributed by atoms with E-state index in [1.54, 1.807) is 12.4 Å². The van der Waals surface area contributed by atoms with Gasteiger partial charge in [0.25, 0.3) is 0 Å². The van der Waals surface area contributed by atoms with Crippen molar-refractivity contribution < 1.29 is 4.79 Å². The largest absolute Gasteiger partial charge is 0.353 e. The Morgan fingerprint density at radius 3 is 3.08 bits per heavy atom. The molecule has 2 N–H and O–H groups in total. The summed E-state index contributed by atoms with van der Waals surface area (Å²) in [6, 6.07) is 5.56. The number of amides is 1. The van der Waals surface area contributed by atoms with Gasteiger partial charge in [0.1, 0.15) is 17.7 Å². The van der Waals surface area contributed by atoms with Gasteiger partial charge in [-0.25, -0.2) is 9.97 Å². The van der Waals surface area contributed by atoms with Gasteiger partial charge in [-0.2, -0.15) is 0 Å². The Balaban J connectivity index is 1.62. The minimum absolute atomic E-state index is 0.00175. The molecule has 1 amide bonds. The van der Waals surface area contributed by atoms with Gasteiger partial charge in [-0.15, -0.1) is 0 Å². The van der Waals surface area contributed by atoms with Crippen LogP contribution in [0.3, 0.4) is 0 Å². The number of rotatable bonds is 6. The smallest absolute Gasteiger partial charge is 0.239 e. The molecule has 7 heteroatoms. The van der Waals surface area contributed by atoms with Crippen molar-refractivity contribution in [2.75, 3.05) is 24.5 Å². The third-order valence-corrected chi connectivity index (χ3v) is 4.37. The highest BCUT2D eigenvalue weighted by molar-refractivity contribution is 5.82. The zero-order valence-corrected chi connectivity index (χ0v) is 15.4. The van der Waals surface area contributed by atoms with Crippen molar-refractivity contribution in [1.82, 2.24) is 25.6 Å². The fourth-order valence-electron chi connectivity index (χ4n) is 3.06. The van der Waals surface area contributed by atoms with Gasteiger partial charge in [0, 0.05) is 56.8 Å². The minimum Gasteiger partial charge on any atom is -0.353 e. The molecule has 2 aromatic rings. The second-order valence-electron chi connectivity index (χ2n) is 6.57. The predicted octanol–water partition coefficient (Wildman–Crippen LogP) is 1.23. The van der Waals surface area contributed by atoms with Crippen LogP contribution >= 0.6 is 0 Å². The first kappa shape index (κ1) is 18.3. The average molecular weight is 354 g/mol. The lowest BCUT2D eigenvalue weighted by molar-refractivity contribution is -0.123. The van der Waals surface area contributed by atoms with E-state index >= 15 is 0 Å². The SMILES string of the molecule is CCCc1nc(C)cc(N2CCN[C@@H](C(=O)NCc3cccnc3)C2)n1. The Morgan fingerprint density at radius 2 is 2.31 bits per heavy atom. The maximum Gasteiger partial charge on any atom is 0.239 e. The van der Waals surface area contributed by atoms with E-state index in [1.807, 2.05) is 25.1 Å². The summed E-state index contributed by atoms with van der Waals surface area (Å²) in [6.07, 6.45) is 5.38. The molecule has 2 aromatic heterocycles. The standard InChI is InChI=1S/C19H26N6O/c1-3-5-17-23-14(2)10-18(24-17)25-9-8-21-16(13-25)19(26)22-12-15-6-4-7-20-11-15/h4,6-7,10-11,16,21H,3,5,8-9,12-13H2,1-2H3,(H,22,26)/t16-/m1/s1. The molecule has 0 aromatic carbocycles. The highest BCUT2D eigenvalue weighted by atomic mass is 16.2. The molecule has 0 spiro atoms. The van der Waals surface area contributed by atoms with Crippen LogP contribution in [0, 0.1) is 6.92 Å². The van der Waals surface area contributed by atoms with Crippen LogP contribution in [0.25, 0.3) is 0 Å². The van der Waals surface area contributed by atoms with Crippen LogP contribution in [0.1, 0.15) is 30.4 Å². The lowest BCUT2D eigenvalue weighted by Crippen LogP contribution is -2.57. The van der Waals surface area contributed by atoms with Gasteiger partial charge in [-0.3, -0.25) is 9.78 Å². The lowest BCUT2D eigenvalue weighted by atomic mass is 10.2. The third kappa shape index (κ3) is 4.76. The Hall–Kier alpha value is -2.54. The maximum absolute atomic E-state index is 12.5. The van der Waals surface area contributed by atoms with E-state index in [0.29, 0.717) is 13.1 Å². The predicted molar refractivity (Wildman–Crippen MR) is 101 cm³/mol. The van der Waals surface area contributed by atoms with Crippen molar-refractivity contribution in [3.05, 3.63) is 47.7 Å². The number of nitrogens with zero attached hydrogens (tertiary/aromatic N) is 4. The first-order chi connectivity index (χ1) is 12.7. The number of hydrogen-bond acceptors (Lipinski definition) is 6. The van der Waals surface area contributed by atoms with Crippen molar-refractivity contribution in [2.24, 2.45) is 0 Å². The van der Waals surface area contributed by atoms with E-state index in [2.05, 4.69) is 37.4 Å². The molecule has 3 heterocycles. The molecule has 138 valence electrons. The van der Waals surface area contributed by atoms with Crippen molar-refractivity contribution >= 4 is 11.7 Å². The zero-order chi connectivity index (χ0) is 18.4. The summed E-state index contributed by atoms with van der Waals surface area (Å²) in [7, 11) is 0. The van der Waals surface area contributed by atoms with Gasteiger partial charge >= 0.3 is 0 Å². The number of anilines is 1. The molecule has 1 fully saturated rings. The number of pyridine rings is 1. The Bertz CT molecular complexity index is 736. The summed E-state index contributed by atoms with van der Waals surface area (Å²) in [5, 5.41) is 6.28. The molecule has 1 saturated heterocycles. The summed E-state index contributed by atoms with van der Waals surface area (Å²) in [4.78, 5) is 27.9. The fourth-order valence-corrected chi connectivity index (χ4v) is 3.06. The van der Waals surface area contributed by atoms with E-state index < -0.39 is 0 Å². The normalized spacial score (nSPS) is 17.2. The number of carbonyl (C=O) groups is 1. The summed E-state index contributed by atoms with van der Waals surface area (Å²) in [6.45, 7) is 6.77. The topological polar surface area (TPSA) is 83.0 Å². The number of nitrogens with one attached hydrogen (secondary N) is 2. The molecule has 26 heavy (non-hydrogen) atoms. The van der Waals surface area contributed by atoms with Crippen molar-refractivity contribution in [1.29, 1.82) is 0 Å². The summed E-state index contributed by atoms with van der Waals surface area (Å²) in [5.41, 5.74) is 1.96. The minimum atomic E-state index is -0.259. The van der Waals surface area contributed by atoms with Gasteiger partial charge in [0.2, 0.25) is 5.91 Å². The Labute approximate surface area is 154 Å². The highest BCUT2D eigenvalue weighted by Crippen LogP contribution is 2.15. The van der Waals surface area contributed by atoms with Crippen LogP contribution in [-0.4, -0.2) is 46.5 Å². The number of aryl methyl sites for hydroxylation is 2. The van der Waals surface area contributed by atoms with Crippen molar-refractivity contribution in [3.8, 4) is 0 Å². The Kier molecular flexibility index (Phi) is 6.12. The van der Waals surface area contributed by atoms with Crippen LogP contribution in [0.4, 0.5) is 5.82 Å². The van der Waals surface area contributed by atoms with Crippen LogP contribution in [0.5, 0.6) is 0 Å². The summed E-state index contributed by atoms with van der Waals surface area (Å²) in [5.74, 6) is 1.78. The number of piperazine rings is 1. The van der Waals surface area contributed by atoms with Gasteiger partial charge in [-0.1, -0.05) is 13.0 Å². The molecule has 0 bridgehead atoms. The van der Waals surface area contributed by atoms with Crippen molar-refractivity contribution in [3.63, 3.8) is 0 Å². The van der Waals surface area contributed by atoms with Crippen LogP contribution < -0.4 is 15.5 Å². The monoisotopic (exact) mass is 354 g/mol. The zero-order valence-electron chi connectivity index (χ0n) is 15.4. The average Bonchev–Trinajstić information content (AvgIpc) is 2.67. The molecular formula is C19H26N6O. The van der Waals surface area contributed by atoms with Crippen LogP contribution in [0.15, 0.2) is 30.6 Å². The van der Waals surface area contributed by atoms with Gasteiger partial charge in [-0.05, 0) is 25.0 Å². The van der Waals surface area contributed by atoms with E-state index in [4.69, 9.17) is 0 Å². The summed E-state index contributed by atoms with van der Waals surface area (Å²) < 4.78 is 0. The number of carbonyl (C=O) groups excluding carboxylic acids is 1. The van der Waals surface area contributed by atoms with Crippen LogP contribution in [0.2, 0.25) is 0 Å². The van der Waals surface area contributed by atoms with Crippen molar-refractivity contribution in [2.45, 2.75) is 39.3 Å². The van der Waals surface area contributed by atoms with Gasteiger partial charge in [0.05, 0.1) is 0 Å². The van der Waals surface area contributed by atoms with E-state index in [-0.39, 0.29) is 11.9 Å². The molecule has 1 atom stereocenters. The molecule has 1 aliphatic rings. The van der Waals surface area contributed by atoms with Gasteiger partial charge in [0.15, 0.2) is 0 Å². The second kappa shape index (κ2) is 8.71. The Morgan fingerprint density at radius 1 is 1.42 bits per heavy atom. The number of hydrogen-bond donors (Lipinski definition) is 2. The fraction of sp³-hybridized carbons (Fsp3) is 0.474. The second-order valence-corrected chi connectivity index (χ2v) is 6.57. The first-order valence-corrected chi connectivity index (χ1v) is 9.15. The molecule has 0 radical (unpaired) electrons. The molecule has 3 rings (SSSR count). The molecule has 1 aliphatic heterocycles. The lowest BCUT2D eigenvalue weighted by Gasteiger charge is -2.34. The summed E-state index contributed by atoms with van der Waals surface area (Å²) >= 11 is 0. The third-order valence-electron chi connectivity index (χ3n) is 4.37. The molecule has 0 aliphatic carbocycles. The quantitative estimate of drug-likeness (QED) is 0.812. The van der Waals surface area contributed by atoms with Gasteiger partial charge < -0.3 is 15.5 Å². The highest BCUT2D eigenvalue weighted by Gasteiger charge is 2.26. The first-order valence-electron chi connectivity index (χ1n) is 9.15. The molecular weight excluding hydrogens is 328 g/mol. The van der Waals surface area contributed by atoms with E-state index in [0.717, 1.165) is 48.8 Å². The van der Waals surface area contributed by atoms with E-state index in [1.165, 1.54) is 0 Å². The van der Waals surface area contributed by atoms with Crippen LogP contribution in [-0.2, 0) is 17.8 Å².